The molecule has 0 aliphatic heterocycles. The van der Waals surface area contributed by atoms with E-state index in [-0.39, 0.29) is 17.5 Å². The summed E-state index contributed by atoms with van der Waals surface area (Å²) in [4.78, 5) is 3.67. The van der Waals surface area contributed by atoms with E-state index >= 15 is 0 Å². The van der Waals surface area contributed by atoms with Gasteiger partial charge in [-0.1, -0.05) is 0 Å². The zero-order valence-electron chi connectivity index (χ0n) is 6.11. The van der Waals surface area contributed by atoms with Crippen molar-refractivity contribution in [1.82, 2.24) is 4.98 Å². The van der Waals surface area contributed by atoms with E-state index in [1.165, 1.54) is 0 Å². The molecular weight excluding hydrogens is 188 g/mol. The summed E-state index contributed by atoms with van der Waals surface area (Å²) in [6, 6.07) is 0. The van der Waals surface area contributed by atoms with Crippen LogP contribution >= 0.6 is 11.6 Å². The lowest BCUT2D eigenvalue weighted by molar-refractivity contribution is -0.0426. The fourth-order valence-corrected chi connectivity index (χ4v) is 1.55. The number of oxazole rings is 1. The molecule has 0 fully saturated rings. The Labute approximate surface area is 72.5 Å². The van der Waals surface area contributed by atoms with Crippen LogP contribution in [0.1, 0.15) is 24.3 Å². The van der Waals surface area contributed by atoms with Gasteiger partial charge in [0.05, 0.1) is 5.69 Å². The van der Waals surface area contributed by atoms with Crippen molar-refractivity contribution in [3.05, 3.63) is 16.8 Å². The quantitative estimate of drug-likeness (QED) is 0.633. The molecule has 1 aliphatic rings. The molecule has 1 heterocycles. The normalized spacial score (nSPS) is 20.6. The summed E-state index contributed by atoms with van der Waals surface area (Å²) in [5.74, 6) is -3.23. The number of halogens is 3. The van der Waals surface area contributed by atoms with Crippen molar-refractivity contribution in [2.45, 2.75) is 25.2 Å². The molecule has 66 valence electrons. The zero-order chi connectivity index (χ0) is 8.77. The minimum atomic E-state index is -2.88. The number of aryl methyl sites for hydroxylation is 1. The van der Waals surface area contributed by atoms with Crippen LogP contribution in [-0.4, -0.2) is 4.98 Å². The van der Waals surface area contributed by atoms with Crippen LogP contribution in [0.15, 0.2) is 4.42 Å². The van der Waals surface area contributed by atoms with E-state index < -0.39 is 5.92 Å². The van der Waals surface area contributed by atoms with Crippen molar-refractivity contribution in [3.8, 4) is 0 Å². The van der Waals surface area contributed by atoms with Gasteiger partial charge >= 0.3 is 5.92 Å². The van der Waals surface area contributed by atoms with Crippen molar-refractivity contribution in [2.75, 3.05) is 0 Å². The summed E-state index contributed by atoms with van der Waals surface area (Å²) in [5.41, 5.74) is 0.302. The first-order valence-corrected chi connectivity index (χ1v) is 4.01. The lowest BCUT2D eigenvalue weighted by Crippen LogP contribution is -2.19. The predicted octanol–water partition coefficient (Wildman–Crippen LogP) is 2.76. The highest BCUT2D eigenvalue weighted by Crippen LogP contribution is 2.40. The van der Waals surface area contributed by atoms with Crippen LogP contribution in [0.3, 0.4) is 0 Å². The Bertz CT molecular complexity index is 310. The van der Waals surface area contributed by atoms with Gasteiger partial charge in [-0.25, -0.2) is 4.98 Å². The summed E-state index contributed by atoms with van der Waals surface area (Å²) in [5, 5.41) is -0.193. The highest BCUT2D eigenvalue weighted by atomic mass is 35.5. The summed E-state index contributed by atoms with van der Waals surface area (Å²) >= 11 is 5.37. The van der Waals surface area contributed by atoms with Gasteiger partial charge in [0, 0.05) is 6.42 Å². The van der Waals surface area contributed by atoms with Crippen LogP contribution in [0.2, 0.25) is 5.35 Å². The number of hydrogen-bond acceptors (Lipinski definition) is 2. The van der Waals surface area contributed by atoms with E-state index in [2.05, 4.69) is 9.40 Å². The summed E-state index contributed by atoms with van der Waals surface area (Å²) < 4.78 is 30.7. The highest BCUT2D eigenvalue weighted by molar-refractivity contribution is 6.27. The van der Waals surface area contributed by atoms with Crippen molar-refractivity contribution in [1.29, 1.82) is 0 Å². The summed E-state index contributed by atoms with van der Waals surface area (Å²) in [7, 11) is 0. The average Bonchev–Trinajstić information content (AvgIpc) is 2.30. The van der Waals surface area contributed by atoms with Crippen LogP contribution in [0.4, 0.5) is 8.78 Å². The van der Waals surface area contributed by atoms with Gasteiger partial charge in [-0.3, -0.25) is 0 Å². The minimum Gasteiger partial charge on any atom is -0.426 e. The van der Waals surface area contributed by atoms with Crippen molar-refractivity contribution in [3.63, 3.8) is 0 Å². The second-order valence-corrected chi connectivity index (χ2v) is 3.12. The molecule has 2 nitrogen and oxygen atoms in total. The molecule has 1 aliphatic carbocycles. The Morgan fingerprint density at radius 3 is 2.92 bits per heavy atom. The van der Waals surface area contributed by atoms with Gasteiger partial charge in [-0.2, -0.15) is 8.78 Å². The van der Waals surface area contributed by atoms with E-state index in [4.69, 9.17) is 11.6 Å². The molecule has 1 aromatic heterocycles. The van der Waals surface area contributed by atoms with Gasteiger partial charge in [0.1, 0.15) is 0 Å². The second-order valence-electron chi connectivity index (χ2n) is 2.80. The highest BCUT2D eigenvalue weighted by Gasteiger charge is 2.41. The van der Waals surface area contributed by atoms with E-state index in [0.717, 1.165) is 0 Å². The third-order valence-electron chi connectivity index (χ3n) is 1.91. The first-order chi connectivity index (χ1) is 5.59. The molecule has 1 aromatic rings. The Morgan fingerprint density at radius 2 is 2.25 bits per heavy atom. The molecule has 0 bridgehead atoms. The van der Waals surface area contributed by atoms with Crippen molar-refractivity contribution in [2.24, 2.45) is 0 Å². The first kappa shape index (κ1) is 7.98. The molecule has 0 saturated heterocycles. The number of nitrogens with zero attached hydrogens (tertiary/aromatic N) is 1. The Morgan fingerprint density at radius 1 is 1.50 bits per heavy atom. The molecule has 12 heavy (non-hydrogen) atoms. The maximum atomic E-state index is 13.0. The molecule has 0 amide bonds. The van der Waals surface area contributed by atoms with E-state index in [1.54, 1.807) is 0 Å². The molecule has 2 rings (SSSR count). The zero-order valence-corrected chi connectivity index (χ0v) is 6.87. The number of aromatic nitrogens is 1. The van der Waals surface area contributed by atoms with Crippen molar-refractivity contribution >= 4 is 11.6 Å². The monoisotopic (exact) mass is 193 g/mol. The van der Waals surface area contributed by atoms with E-state index in [1.807, 2.05) is 0 Å². The fraction of sp³-hybridized carbons (Fsp3) is 0.571. The first-order valence-electron chi connectivity index (χ1n) is 3.63. The maximum Gasteiger partial charge on any atom is 0.306 e. The molecule has 0 spiro atoms. The van der Waals surface area contributed by atoms with Crippen LogP contribution in [0.5, 0.6) is 0 Å². The third-order valence-corrected chi connectivity index (χ3v) is 2.07. The second kappa shape index (κ2) is 2.42. The van der Waals surface area contributed by atoms with Crippen LogP contribution in [-0.2, 0) is 12.3 Å². The lowest BCUT2D eigenvalue weighted by Gasteiger charge is -2.18. The number of alkyl halides is 2. The minimum absolute atomic E-state index is 0.175. The third kappa shape index (κ3) is 1.10. The number of hydrogen-bond donors (Lipinski definition) is 0. The predicted molar refractivity (Wildman–Crippen MR) is 38.3 cm³/mol. The van der Waals surface area contributed by atoms with E-state index in [0.29, 0.717) is 18.5 Å². The van der Waals surface area contributed by atoms with Crippen LogP contribution < -0.4 is 0 Å². The number of rotatable bonds is 0. The molecule has 0 radical (unpaired) electrons. The molecule has 0 aromatic carbocycles. The SMILES string of the molecule is FC1(F)CCCc2nc(Cl)oc21. The molecular formula is C7H6ClF2NO. The topological polar surface area (TPSA) is 26.0 Å². The molecule has 0 unspecified atom stereocenters. The van der Waals surface area contributed by atoms with Gasteiger partial charge in [0.2, 0.25) is 0 Å². The summed E-state index contributed by atoms with van der Waals surface area (Å²) in [6.07, 6.45) is 0.787. The summed E-state index contributed by atoms with van der Waals surface area (Å²) in [6.45, 7) is 0. The van der Waals surface area contributed by atoms with Gasteiger partial charge in [-0.05, 0) is 24.4 Å². The van der Waals surface area contributed by atoms with Crippen LogP contribution in [0, 0.1) is 0 Å². The van der Waals surface area contributed by atoms with Gasteiger partial charge < -0.3 is 4.42 Å². The van der Waals surface area contributed by atoms with Crippen LogP contribution in [0.25, 0.3) is 0 Å². The Hall–Kier alpha value is -0.640. The Kier molecular flexibility index (Phi) is 1.61. The maximum absolute atomic E-state index is 13.0. The Balaban J connectivity index is 2.51. The molecule has 5 heteroatoms. The molecule has 0 N–H and O–H groups in total. The average molecular weight is 194 g/mol. The number of fused-ring (bicyclic) bond motifs is 1. The lowest BCUT2D eigenvalue weighted by atomic mass is 9.99. The fourth-order valence-electron chi connectivity index (χ4n) is 1.37. The smallest absolute Gasteiger partial charge is 0.306 e. The standard InChI is InChI=1S/C7H6ClF2NO/c8-6-11-4-2-1-3-7(9,10)5(4)12-6/h1-3H2. The largest absolute Gasteiger partial charge is 0.426 e. The van der Waals surface area contributed by atoms with Gasteiger partial charge in [0.15, 0.2) is 5.76 Å². The van der Waals surface area contributed by atoms with Crippen molar-refractivity contribution < 1.29 is 13.2 Å². The van der Waals surface area contributed by atoms with Gasteiger partial charge in [0.25, 0.3) is 5.35 Å². The van der Waals surface area contributed by atoms with Gasteiger partial charge in [-0.15, -0.1) is 0 Å². The molecule has 0 atom stereocenters. The van der Waals surface area contributed by atoms with E-state index in [9.17, 15) is 8.78 Å². The molecule has 0 saturated carbocycles.